The minimum atomic E-state index is 0.350. The number of nitrogens with one attached hydrogen (secondary N) is 1. The second kappa shape index (κ2) is 6.66. The summed E-state index contributed by atoms with van der Waals surface area (Å²) < 4.78 is 0. The Bertz CT molecular complexity index is 464. The van der Waals surface area contributed by atoms with Crippen molar-refractivity contribution in [1.82, 2.24) is 10.3 Å². The van der Waals surface area contributed by atoms with Gasteiger partial charge in [0, 0.05) is 17.8 Å². The van der Waals surface area contributed by atoms with Crippen LogP contribution in [0.15, 0.2) is 35.7 Å². The van der Waals surface area contributed by atoms with E-state index < -0.39 is 0 Å². The lowest BCUT2D eigenvalue weighted by atomic mass is 10.0. The fraction of sp³-hybridized carbons (Fsp3) is 0.400. The van der Waals surface area contributed by atoms with Gasteiger partial charge in [-0.05, 0) is 25.5 Å². The Morgan fingerprint density at radius 1 is 1.28 bits per heavy atom. The molecule has 2 aromatic rings. The lowest BCUT2D eigenvalue weighted by molar-refractivity contribution is 0.585. The highest BCUT2D eigenvalue weighted by atomic mass is 32.1. The SMILES string of the molecule is CCCc1nc(CC(NC)c2ccccc2)cs1. The number of aryl methyl sites for hydroxylation is 1. The Morgan fingerprint density at radius 3 is 2.72 bits per heavy atom. The Balaban J connectivity index is 2.06. The normalized spacial score (nSPS) is 12.6. The van der Waals surface area contributed by atoms with E-state index in [0.29, 0.717) is 6.04 Å². The standard InChI is InChI=1S/C15H20N2S/c1-3-7-15-17-13(11-18-15)10-14(16-2)12-8-5-4-6-9-12/h4-6,8-9,11,14,16H,3,7,10H2,1-2H3. The molecular formula is C15H20N2S. The number of hydrogen-bond donors (Lipinski definition) is 1. The summed E-state index contributed by atoms with van der Waals surface area (Å²) in [6.07, 6.45) is 3.22. The molecule has 0 saturated heterocycles. The predicted octanol–water partition coefficient (Wildman–Crippen LogP) is 3.60. The Hall–Kier alpha value is -1.19. The molecule has 1 atom stereocenters. The van der Waals surface area contributed by atoms with Crippen molar-refractivity contribution in [3.63, 3.8) is 0 Å². The number of aromatic nitrogens is 1. The molecule has 0 aliphatic rings. The van der Waals surface area contributed by atoms with Crippen molar-refractivity contribution in [2.24, 2.45) is 0 Å². The van der Waals surface area contributed by atoms with Crippen molar-refractivity contribution in [2.75, 3.05) is 7.05 Å². The van der Waals surface area contributed by atoms with Crippen LogP contribution >= 0.6 is 11.3 Å². The maximum absolute atomic E-state index is 4.69. The highest BCUT2D eigenvalue weighted by Gasteiger charge is 2.11. The number of benzene rings is 1. The van der Waals surface area contributed by atoms with Crippen molar-refractivity contribution < 1.29 is 0 Å². The molecule has 3 heteroatoms. The summed E-state index contributed by atoms with van der Waals surface area (Å²) in [6.45, 7) is 2.20. The summed E-state index contributed by atoms with van der Waals surface area (Å²) in [7, 11) is 2.01. The molecule has 0 spiro atoms. The van der Waals surface area contributed by atoms with E-state index in [9.17, 15) is 0 Å². The van der Waals surface area contributed by atoms with Gasteiger partial charge in [-0.3, -0.25) is 0 Å². The molecule has 0 aliphatic heterocycles. The van der Waals surface area contributed by atoms with Crippen molar-refractivity contribution in [3.05, 3.63) is 52.0 Å². The summed E-state index contributed by atoms with van der Waals surface area (Å²) in [5.41, 5.74) is 2.52. The first-order valence-corrected chi connectivity index (χ1v) is 7.37. The summed E-state index contributed by atoms with van der Waals surface area (Å²) in [6, 6.07) is 10.9. The molecule has 0 aliphatic carbocycles. The zero-order valence-corrected chi connectivity index (χ0v) is 11.8. The van der Waals surface area contributed by atoms with Crippen LogP contribution in [0.25, 0.3) is 0 Å². The third-order valence-corrected chi connectivity index (χ3v) is 3.98. The van der Waals surface area contributed by atoms with Gasteiger partial charge in [0.1, 0.15) is 0 Å². The largest absolute Gasteiger partial charge is 0.313 e. The highest BCUT2D eigenvalue weighted by Crippen LogP contribution is 2.20. The molecule has 2 rings (SSSR count). The molecule has 1 heterocycles. The van der Waals surface area contributed by atoms with Crippen LogP contribution < -0.4 is 5.32 Å². The number of rotatable bonds is 6. The Kier molecular flexibility index (Phi) is 4.90. The fourth-order valence-electron chi connectivity index (χ4n) is 2.05. The zero-order chi connectivity index (χ0) is 12.8. The molecule has 1 unspecified atom stereocenters. The van der Waals surface area contributed by atoms with Crippen molar-refractivity contribution in [1.29, 1.82) is 0 Å². The van der Waals surface area contributed by atoms with E-state index in [1.165, 1.54) is 22.7 Å². The predicted molar refractivity (Wildman–Crippen MR) is 78.1 cm³/mol. The number of nitrogens with zero attached hydrogens (tertiary/aromatic N) is 1. The van der Waals surface area contributed by atoms with Crippen LogP contribution in [0.2, 0.25) is 0 Å². The van der Waals surface area contributed by atoms with E-state index >= 15 is 0 Å². The van der Waals surface area contributed by atoms with E-state index in [-0.39, 0.29) is 0 Å². The van der Waals surface area contributed by atoms with Gasteiger partial charge in [-0.2, -0.15) is 0 Å². The molecule has 2 nitrogen and oxygen atoms in total. The first-order valence-electron chi connectivity index (χ1n) is 6.49. The molecule has 1 N–H and O–H groups in total. The Labute approximate surface area is 113 Å². The van der Waals surface area contributed by atoms with Crippen LogP contribution in [0.3, 0.4) is 0 Å². The second-order valence-corrected chi connectivity index (χ2v) is 5.38. The summed E-state index contributed by atoms with van der Waals surface area (Å²) >= 11 is 1.78. The molecule has 1 aromatic carbocycles. The first kappa shape index (κ1) is 13.2. The van der Waals surface area contributed by atoms with E-state index in [1.54, 1.807) is 11.3 Å². The van der Waals surface area contributed by atoms with Crippen molar-refractivity contribution in [2.45, 2.75) is 32.2 Å². The van der Waals surface area contributed by atoms with Crippen LogP contribution in [0.5, 0.6) is 0 Å². The minimum absolute atomic E-state index is 0.350. The monoisotopic (exact) mass is 260 g/mol. The average Bonchev–Trinajstić information content (AvgIpc) is 2.85. The topological polar surface area (TPSA) is 24.9 Å². The van der Waals surface area contributed by atoms with Gasteiger partial charge < -0.3 is 5.32 Å². The van der Waals surface area contributed by atoms with Gasteiger partial charge in [-0.15, -0.1) is 11.3 Å². The molecule has 0 fully saturated rings. The van der Waals surface area contributed by atoms with Gasteiger partial charge in [0.05, 0.1) is 10.7 Å². The van der Waals surface area contributed by atoms with Crippen LogP contribution in [-0.4, -0.2) is 12.0 Å². The van der Waals surface area contributed by atoms with E-state index in [1.807, 2.05) is 7.05 Å². The molecular weight excluding hydrogens is 240 g/mol. The third kappa shape index (κ3) is 3.40. The van der Waals surface area contributed by atoms with Crippen LogP contribution in [0.1, 0.15) is 35.7 Å². The smallest absolute Gasteiger partial charge is 0.0928 e. The van der Waals surface area contributed by atoms with Crippen LogP contribution in [0, 0.1) is 0 Å². The summed E-state index contributed by atoms with van der Waals surface area (Å²) in [4.78, 5) is 4.69. The minimum Gasteiger partial charge on any atom is -0.313 e. The molecule has 96 valence electrons. The van der Waals surface area contributed by atoms with E-state index in [4.69, 9.17) is 4.98 Å². The number of thiazole rings is 1. The first-order chi connectivity index (χ1) is 8.83. The number of hydrogen-bond acceptors (Lipinski definition) is 3. The average molecular weight is 260 g/mol. The second-order valence-electron chi connectivity index (χ2n) is 4.44. The molecule has 0 radical (unpaired) electrons. The molecule has 0 bridgehead atoms. The van der Waals surface area contributed by atoms with Gasteiger partial charge in [-0.25, -0.2) is 4.98 Å². The molecule has 0 amide bonds. The maximum atomic E-state index is 4.69. The summed E-state index contributed by atoms with van der Waals surface area (Å²) in [5.74, 6) is 0. The lowest BCUT2D eigenvalue weighted by Gasteiger charge is -2.15. The Morgan fingerprint density at radius 2 is 2.06 bits per heavy atom. The van der Waals surface area contributed by atoms with Gasteiger partial charge in [0.15, 0.2) is 0 Å². The van der Waals surface area contributed by atoms with Gasteiger partial charge in [0.2, 0.25) is 0 Å². The fourth-order valence-corrected chi connectivity index (χ4v) is 2.97. The van der Waals surface area contributed by atoms with Gasteiger partial charge in [-0.1, -0.05) is 37.3 Å². The van der Waals surface area contributed by atoms with Gasteiger partial charge >= 0.3 is 0 Å². The van der Waals surface area contributed by atoms with Gasteiger partial charge in [0.25, 0.3) is 0 Å². The number of likely N-dealkylation sites (N-methyl/N-ethyl adjacent to an activating group) is 1. The van der Waals surface area contributed by atoms with Crippen LogP contribution in [0.4, 0.5) is 0 Å². The van der Waals surface area contributed by atoms with Crippen molar-refractivity contribution in [3.8, 4) is 0 Å². The van der Waals surface area contributed by atoms with E-state index in [2.05, 4.69) is 48.0 Å². The highest BCUT2D eigenvalue weighted by molar-refractivity contribution is 7.09. The lowest BCUT2D eigenvalue weighted by Crippen LogP contribution is -2.18. The zero-order valence-electron chi connectivity index (χ0n) is 11.0. The van der Waals surface area contributed by atoms with Crippen LogP contribution in [-0.2, 0) is 12.8 Å². The summed E-state index contributed by atoms with van der Waals surface area (Å²) in [5, 5.41) is 6.83. The quantitative estimate of drug-likeness (QED) is 0.858. The van der Waals surface area contributed by atoms with E-state index in [0.717, 1.165) is 12.8 Å². The molecule has 1 aromatic heterocycles. The molecule has 0 saturated carbocycles. The van der Waals surface area contributed by atoms with Crippen molar-refractivity contribution >= 4 is 11.3 Å². The maximum Gasteiger partial charge on any atom is 0.0928 e. The third-order valence-electron chi connectivity index (χ3n) is 3.03. The molecule has 18 heavy (non-hydrogen) atoms.